The third kappa shape index (κ3) is 4.27. The molecule has 0 unspecified atom stereocenters. The molecule has 0 aliphatic rings. The Morgan fingerprint density at radius 2 is 1.74 bits per heavy atom. The van der Waals surface area contributed by atoms with E-state index >= 15 is 0 Å². The minimum Gasteiger partial charge on any atom is -0.495 e. The summed E-state index contributed by atoms with van der Waals surface area (Å²) in [6, 6.07) is 17.7. The van der Waals surface area contributed by atoms with Crippen molar-refractivity contribution in [1.29, 1.82) is 0 Å². The standard InChI is InChI=1S/C20H21N3O3S/c1-14-19(26-2)12-18(20(21)23-14)16-8-10-17(11-9-16)27(24,25)22-13-15-6-4-3-5-7-15/h3-12,22H,13H2,1-2H3,(H2,21,23). The molecule has 7 heteroatoms. The number of nitrogen functional groups attached to an aromatic ring is 1. The molecule has 0 saturated heterocycles. The Bertz CT molecular complexity index is 1030. The molecular weight excluding hydrogens is 362 g/mol. The third-order valence-corrected chi connectivity index (χ3v) is 5.62. The molecule has 140 valence electrons. The minimum absolute atomic E-state index is 0.188. The van der Waals surface area contributed by atoms with Crippen LogP contribution in [0, 0.1) is 6.92 Å². The fourth-order valence-corrected chi connectivity index (χ4v) is 3.73. The average Bonchev–Trinajstić information content (AvgIpc) is 2.68. The number of benzene rings is 2. The van der Waals surface area contributed by atoms with Crippen LogP contribution in [0.2, 0.25) is 0 Å². The highest BCUT2D eigenvalue weighted by Gasteiger charge is 2.15. The quantitative estimate of drug-likeness (QED) is 0.682. The summed E-state index contributed by atoms with van der Waals surface area (Å²) >= 11 is 0. The maximum absolute atomic E-state index is 12.5. The van der Waals surface area contributed by atoms with E-state index in [9.17, 15) is 8.42 Å². The molecule has 1 heterocycles. The van der Waals surface area contributed by atoms with Gasteiger partial charge < -0.3 is 10.5 Å². The van der Waals surface area contributed by atoms with Gasteiger partial charge in [-0.3, -0.25) is 0 Å². The summed E-state index contributed by atoms with van der Waals surface area (Å²) in [4.78, 5) is 4.46. The third-order valence-electron chi connectivity index (χ3n) is 4.20. The van der Waals surface area contributed by atoms with Crippen molar-refractivity contribution < 1.29 is 13.2 Å². The smallest absolute Gasteiger partial charge is 0.240 e. The molecule has 3 N–H and O–H groups in total. The van der Waals surface area contributed by atoms with Gasteiger partial charge in [0.25, 0.3) is 0 Å². The SMILES string of the molecule is COc1cc(-c2ccc(S(=O)(=O)NCc3ccccc3)cc2)c(N)nc1C. The van der Waals surface area contributed by atoms with Gasteiger partial charge in [0.15, 0.2) is 0 Å². The topological polar surface area (TPSA) is 94.3 Å². The number of sulfonamides is 1. The molecule has 0 atom stereocenters. The van der Waals surface area contributed by atoms with Gasteiger partial charge in [0.1, 0.15) is 11.6 Å². The van der Waals surface area contributed by atoms with Crippen LogP contribution in [0.25, 0.3) is 11.1 Å². The Labute approximate surface area is 159 Å². The Morgan fingerprint density at radius 3 is 2.37 bits per heavy atom. The number of nitrogens with zero attached hydrogens (tertiary/aromatic N) is 1. The van der Waals surface area contributed by atoms with Crippen LogP contribution in [-0.4, -0.2) is 20.5 Å². The van der Waals surface area contributed by atoms with Crippen molar-refractivity contribution in [3.63, 3.8) is 0 Å². The monoisotopic (exact) mass is 383 g/mol. The lowest BCUT2D eigenvalue weighted by Gasteiger charge is -2.11. The van der Waals surface area contributed by atoms with Gasteiger partial charge in [-0.05, 0) is 36.2 Å². The van der Waals surface area contributed by atoms with Crippen LogP contribution in [0.3, 0.4) is 0 Å². The van der Waals surface area contributed by atoms with Crippen molar-refractivity contribution in [2.45, 2.75) is 18.4 Å². The van der Waals surface area contributed by atoms with Crippen LogP contribution >= 0.6 is 0 Å². The predicted octanol–water partition coefficient (Wildman–Crippen LogP) is 3.13. The van der Waals surface area contributed by atoms with Crippen molar-refractivity contribution in [2.75, 3.05) is 12.8 Å². The Morgan fingerprint density at radius 1 is 1.07 bits per heavy atom. The van der Waals surface area contributed by atoms with Gasteiger partial charge >= 0.3 is 0 Å². The van der Waals surface area contributed by atoms with E-state index in [4.69, 9.17) is 10.5 Å². The van der Waals surface area contributed by atoms with Crippen LogP contribution in [0.15, 0.2) is 65.6 Å². The lowest BCUT2D eigenvalue weighted by atomic mass is 10.1. The van der Waals surface area contributed by atoms with Gasteiger partial charge in [0.05, 0.1) is 17.7 Å². The van der Waals surface area contributed by atoms with Gasteiger partial charge in [-0.25, -0.2) is 18.1 Å². The first-order valence-electron chi connectivity index (χ1n) is 8.36. The van der Waals surface area contributed by atoms with E-state index in [2.05, 4.69) is 9.71 Å². The number of aromatic nitrogens is 1. The molecule has 0 radical (unpaired) electrons. The molecule has 3 rings (SSSR count). The van der Waals surface area contributed by atoms with Crippen LogP contribution < -0.4 is 15.2 Å². The summed E-state index contributed by atoms with van der Waals surface area (Å²) in [5, 5.41) is 0. The molecular formula is C20H21N3O3S. The number of anilines is 1. The van der Waals surface area contributed by atoms with Gasteiger partial charge in [-0.15, -0.1) is 0 Å². The van der Waals surface area contributed by atoms with E-state index in [1.165, 1.54) is 0 Å². The molecule has 0 bridgehead atoms. The molecule has 0 aliphatic heterocycles. The minimum atomic E-state index is -3.61. The van der Waals surface area contributed by atoms with Crippen molar-refractivity contribution in [3.05, 3.63) is 71.9 Å². The maximum atomic E-state index is 12.5. The number of nitrogens with two attached hydrogens (primary N) is 1. The number of hydrogen-bond acceptors (Lipinski definition) is 5. The molecule has 6 nitrogen and oxygen atoms in total. The first-order valence-corrected chi connectivity index (χ1v) is 9.84. The van der Waals surface area contributed by atoms with E-state index in [0.717, 1.165) is 11.1 Å². The molecule has 0 fully saturated rings. The van der Waals surface area contributed by atoms with Gasteiger partial charge in [0.2, 0.25) is 10.0 Å². The summed E-state index contributed by atoms with van der Waals surface area (Å²) in [7, 11) is -2.04. The second-order valence-corrected chi connectivity index (χ2v) is 7.81. The molecule has 27 heavy (non-hydrogen) atoms. The maximum Gasteiger partial charge on any atom is 0.240 e. The number of aryl methyl sites for hydroxylation is 1. The number of nitrogens with one attached hydrogen (secondary N) is 1. The highest BCUT2D eigenvalue weighted by atomic mass is 32.2. The van der Waals surface area contributed by atoms with Crippen molar-refractivity contribution in [3.8, 4) is 16.9 Å². The number of pyridine rings is 1. The summed E-state index contributed by atoms with van der Waals surface area (Å²) in [6.07, 6.45) is 0. The van der Waals surface area contributed by atoms with E-state index < -0.39 is 10.0 Å². The van der Waals surface area contributed by atoms with E-state index in [1.54, 1.807) is 37.4 Å². The van der Waals surface area contributed by atoms with Crippen LogP contribution in [0.4, 0.5) is 5.82 Å². The highest BCUT2D eigenvalue weighted by Crippen LogP contribution is 2.30. The van der Waals surface area contributed by atoms with E-state index in [-0.39, 0.29) is 11.4 Å². The lowest BCUT2D eigenvalue weighted by molar-refractivity contribution is 0.409. The molecule has 3 aromatic rings. The number of hydrogen-bond donors (Lipinski definition) is 2. The average molecular weight is 383 g/mol. The predicted molar refractivity (Wildman–Crippen MR) is 106 cm³/mol. The fraction of sp³-hybridized carbons (Fsp3) is 0.150. The van der Waals surface area contributed by atoms with Crippen LogP contribution in [-0.2, 0) is 16.6 Å². The van der Waals surface area contributed by atoms with Gasteiger partial charge in [-0.2, -0.15) is 0 Å². The second-order valence-electron chi connectivity index (χ2n) is 6.04. The van der Waals surface area contributed by atoms with Crippen LogP contribution in [0.1, 0.15) is 11.3 Å². The molecule has 0 spiro atoms. The zero-order chi connectivity index (χ0) is 19.4. The zero-order valence-corrected chi connectivity index (χ0v) is 16.0. The number of rotatable bonds is 6. The van der Waals surface area contributed by atoms with Crippen molar-refractivity contribution >= 4 is 15.8 Å². The Balaban J connectivity index is 1.83. The molecule has 0 aliphatic carbocycles. The number of ether oxygens (including phenoxy) is 1. The summed E-state index contributed by atoms with van der Waals surface area (Å²) in [5.41, 5.74) is 9.06. The zero-order valence-electron chi connectivity index (χ0n) is 15.1. The van der Waals surface area contributed by atoms with Crippen LogP contribution in [0.5, 0.6) is 5.75 Å². The Kier molecular flexibility index (Phi) is 5.43. The van der Waals surface area contributed by atoms with E-state index in [0.29, 0.717) is 22.8 Å². The molecule has 0 saturated carbocycles. The summed E-state index contributed by atoms with van der Waals surface area (Å²) in [5.74, 6) is 0.992. The summed E-state index contributed by atoms with van der Waals surface area (Å²) < 4.78 is 32.9. The van der Waals surface area contributed by atoms with Gasteiger partial charge in [0, 0.05) is 12.1 Å². The van der Waals surface area contributed by atoms with E-state index in [1.807, 2.05) is 37.3 Å². The first-order chi connectivity index (χ1) is 12.9. The molecule has 2 aromatic carbocycles. The first kappa shape index (κ1) is 18.9. The molecule has 1 aromatic heterocycles. The second kappa shape index (κ2) is 7.77. The fourth-order valence-electron chi connectivity index (χ4n) is 2.71. The van der Waals surface area contributed by atoms with Gasteiger partial charge in [-0.1, -0.05) is 42.5 Å². The highest BCUT2D eigenvalue weighted by molar-refractivity contribution is 7.89. The van der Waals surface area contributed by atoms with Crippen molar-refractivity contribution in [2.24, 2.45) is 0 Å². The largest absolute Gasteiger partial charge is 0.495 e. The normalized spacial score (nSPS) is 11.3. The molecule has 0 amide bonds. The number of methoxy groups -OCH3 is 1. The lowest BCUT2D eigenvalue weighted by Crippen LogP contribution is -2.23. The summed E-state index contributed by atoms with van der Waals surface area (Å²) in [6.45, 7) is 2.05. The van der Waals surface area contributed by atoms with Crippen molar-refractivity contribution in [1.82, 2.24) is 9.71 Å². The Hall–Kier alpha value is -2.90.